The van der Waals surface area contributed by atoms with E-state index >= 15 is 0 Å². The summed E-state index contributed by atoms with van der Waals surface area (Å²) in [5.74, 6) is 0.290. The SMILES string of the molecule is COC(c1sc(-c2nccs2)nc1C=O)C(C)C. The average molecular weight is 282 g/mol. The van der Waals surface area contributed by atoms with Crippen LogP contribution in [0.1, 0.15) is 35.3 Å². The lowest BCUT2D eigenvalue weighted by Gasteiger charge is -2.17. The third-order valence-electron chi connectivity index (χ3n) is 2.53. The third kappa shape index (κ3) is 2.50. The zero-order valence-electron chi connectivity index (χ0n) is 10.4. The smallest absolute Gasteiger partial charge is 0.169 e. The minimum absolute atomic E-state index is 0.101. The topological polar surface area (TPSA) is 52.1 Å². The van der Waals surface area contributed by atoms with E-state index in [9.17, 15) is 4.79 Å². The van der Waals surface area contributed by atoms with Gasteiger partial charge in [-0.25, -0.2) is 9.97 Å². The van der Waals surface area contributed by atoms with Crippen molar-refractivity contribution in [3.63, 3.8) is 0 Å². The van der Waals surface area contributed by atoms with Crippen LogP contribution in [0.4, 0.5) is 0 Å². The van der Waals surface area contributed by atoms with Crippen LogP contribution in [-0.4, -0.2) is 23.4 Å². The standard InChI is InChI=1S/C12H14N2O2S2/c1-7(2)9(16-3)10-8(6-15)14-12(18-10)11-13-4-5-17-11/h4-7,9H,1-3H3. The van der Waals surface area contributed by atoms with Crippen LogP contribution in [0, 0.1) is 5.92 Å². The first kappa shape index (κ1) is 13.3. The van der Waals surface area contributed by atoms with E-state index in [1.165, 1.54) is 22.7 Å². The van der Waals surface area contributed by atoms with Crippen molar-refractivity contribution in [1.82, 2.24) is 9.97 Å². The van der Waals surface area contributed by atoms with E-state index in [1.807, 2.05) is 5.38 Å². The molecule has 96 valence electrons. The molecule has 2 aromatic rings. The fraction of sp³-hybridized carbons (Fsp3) is 0.417. The quantitative estimate of drug-likeness (QED) is 0.788. The van der Waals surface area contributed by atoms with Crippen molar-refractivity contribution in [2.45, 2.75) is 20.0 Å². The van der Waals surface area contributed by atoms with E-state index in [0.29, 0.717) is 11.6 Å². The number of aromatic nitrogens is 2. The zero-order chi connectivity index (χ0) is 13.1. The van der Waals surface area contributed by atoms with Crippen LogP contribution in [0.15, 0.2) is 11.6 Å². The fourth-order valence-electron chi connectivity index (χ4n) is 1.73. The summed E-state index contributed by atoms with van der Waals surface area (Å²) < 4.78 is 5.47. The average Bonchev–Trinajstić information content (AvgIpc) is 2.97. The van der Waals surface area contributed by atoms with Gasteiger partial charge in [-0.15, -0.1) is 22.7 Å². The Morgan fingerprint density at radius 3 is 2.67 bits per heavy atom. The molecule has 0 aliphatic carbocycles. The number of ether oxygens (including phenoxy) is 1. The number of nitrogens with zero attached hydrogens (tertiary/aromatic N) is 2. The zero-order valence-corrected chi connectivity index (χ0v) is 12.0. The summed E-state index contributed by atoms with van der Waals surface area (Å²) in [7, 11) is 1.65. The lowest BCUT2D eigenvalue weighted by molar-refractivity contribution is 0.0664. The van der Waals surface area contributed by atoms with Gasteiger partial charge in [0.05, 0.1) is 11.0 Å². The molecule has 2 heterocycles. The van der Waals surface area contributed by atoms with Crippen molar-refractivity contribution in [3.05, 3.63) is 22.1 Å². The molecule has 2 rings (SSSR count). The minimum atomic E-state index is -0.101. The molecule has 0 aliphatic heterocycles. The monoisotopic (exact) mass is 282 g/mol. The number of carbonyl (C=O) groups is 1. The van der Waals surface area contributed by atoms with Crippen LogP contribution in [0.25, 0.3) is 10.0 Å². The van der Waals surface area contributed by atoms with Crippen molar-refractivity contribution in [1.29, 1.82) is 0 Å². The van der Waals surface area contributed by atoms with E-state index in [2.05, 4.69) is 23.8 Å². The molecule has 0 aliphatic rings. The van der Waals surface area contributed by atoms with E-state index in [4.69, 9.17) is 4.74 Å². The van der Waals surface area contributed by atoms with Crippen molar-refractivity contribution in [2.75, 3.05) is 7.11 Å². The van der Waals surface area contributed by atoms with E-state index in [-0.39, 0.29) is 6.10 Å². The lowest BCUT2D eigenvalue weighted by atomic mass is 10.1. The maximum absolute atomic E-state index is 11.1. The highest BCUT2D eigenvalue weighted by atomic mass is 32.1. The largest absolute Gasteiger partial charge is 0.376 e. The Hall–Kier alpha value is -1.11. The molecule has 4 nitrogen and oxygen atoms in total. The molecule has 0 fully saturated rings. The second-order valence-corrected chi connectivity index (χ2v) is 6.05. The van der Waals surface area contributed by atoms with Crippen LogP contribution in [0.2, 0.25) is 0 Å². The van der Waals surface area contributed by atoms with Gasteiger partial charge in [0.25, 0.3) is 0 Å². The van der Waals surface area contributed by atoms with Crippen LogP contribution in [0.3, 0.4) is 0 Å². The van der Waals surface area contributed by atoms with Crippen molar-refractivity contribution >= 4 is 29.0 Å². The Balaban J connectivity index is 2.44. The Morgan fingerprint density at radius 1 is 1.39 bits per heavy atom. The molecule has 1 atom stereocenters. The second-order valence-electron chi connectivity index (χ2n) is 4.12. The normalized spacial score (nSPS) is 12.9. The van der Waals surface area contributed by atoms with Crippen LogP contribution >= 0.6 is 22.7 Å². The number of rotatable bonds is 5. The first-order valence-electron chi connectivity index (χ1n) is 5.56. The third-order valence-corrected chi connectivity index (χ3v) is 4.57. The summed E-state index contributed by atoms with van der Waals surface area (Å²) in [5.41, 5.74) is 0.464. The molecule has 2 aromatic heterocycles. The van der Waals surface area contributed by atoms with Crippen LogP contribution < -0.4 is 0 Å². The Morgan fingerprint density at radius 2 is 2.17 bits per heavy atom. The number of hydrogen-bond acceptors (Lipinski definition) is 6. The molecule has 1 unspecified atom stereocenters. The van der Waals surface area contributed by atoms with Gasteiger partial charge in [-0.3, -0.25) is 4.79 Å². The highest BCUT2D eigenvalue weighted by molar-refractivity contribution is 7.20. The summed E-state index contributed by atoms with van der Waals surface area (Å²) in [5, 5.41) is 3.52. The van der Waals surface area contributed by atoms with Gasteiger partial charge in [-0.05, 0) is 5.92 Å². The molecule has 0 spiro atoms. The molecule has 0 amide bonds. The van der Waals surface area contributed by atoms with E-state index < -0.39 is 0 Å². The number of thiazole rings is 2. The number of methoxy groups -OCH3 is 1. The molecule has 18 heavy (non-hydrogen) atoms. The molecule has 6 heteroatoms. The molecule has 0 radical (unpaired) electrons. The maximum Gasteiger partial charge on any atom is 0.169 e. The summed E-state index contributed by atoms with van der Waals surface area (Å²) >= 11 is 3.00. The van der Waals surface area contributed by atoms with Gasteiger partial charge in [0, 0.05) is 18.7 Å². The molecule has 0 bridgehead atoms. The molecule has 0 N–H and O–H groups in total. The van der Waals surface area contributed by atoms with Gasteiger partial charge in [0.15, 0.2) is 16.3 Å². The summed E-state index contributed by atoms with van der Waals surface area (Å²) in [6.45, 7) is 4.12. The number of hydrogen-bond donors (Lipinski definition) is 0. The summed E-state index contributed by atoms with van der Waals surface area (Å²) in [6, 6.07) is 0. The van der Waals surface area contributed by atoms with Gasteiger partial charge in [-0.2, -0.15) is 0 Å². The first-order chi connectivity index (χ1) is 8.67. The van der Waals surface area contributed by atoms with E-state index in [1.54, 1.807) is 13.3 Å². The van der Waals surface area contributed by atoms with Crippen LogP contribution in [0.5, 0.6) is 0 Å². The highest BCUT2D eigenvalue weighted by Crippen LogP contribution is 2.36. The Kier molecular flexibility index (Phi) is 4.21. The summed E-state index contributed by atoms with van der Waals surface area (Å²) in [6.07, 6.45) is 2.42. The first-order valence-corrected chi connectivity index (χ1v) is 7.25. The number of carbonyl (C=O) groups excluding carboxylic acids is 1. The van der Waals surface area contributed by atoms with Gasteiger partial charge in [0.2, 0.25) is 0 Å². The number of aldehydes is 1. The van der Waals surface area contributed by atoms with Gasteiger partial charge in [0.1, 0.15) is 5.69 Å². The maximum atomic E-state index is 11.1. The van der Waals surface area contributed by atoms with Crippen LogP contribution in [-0.2, 0) is 4.74 Å². The van der Waals surface area contributed by atoms with Crippen molar-refractivity contribution < 1.29 is 9.53 Å². The second kappa shape index (κ2) is 5.69. The fourth-order valence-corrected chi connectivity index (χ4v) is 3.70. The lowest BCUT2D eigenvalue weighted by Crippen LogP contribution is -2.09. The Bertz CT molecular complexity index is 520. The van der Waals surface area contributed by atoms with Crippen molar-refractivity contribution in [3.8, 4) is 10.0 Å². The Labute approximate surface area is 114 Å². The predicted molar refractivity (Wildman–Crippen MR) is 73.2 cm³/mol. The van der Waals surface area contributed by atoms with Gasteiger partial charge in [-0.1, -0.05) is 13.8 Å². The minimum Gasteiger partial charge on any atom is -0.376 e. The van der Waals surface area contributed by atoms with Gasteiger partial charge >= 0.3 is 0 Å². The molecule has 0 aromatic carbocycles. The summed E-state index contributed by atoms with van der Waals surface area (Å²) in [4.78, 5) is 20.6. The molecular formula is C12H14N2O2S2. The van der Waals surface area contributed by atoms with Crippen molar-refractivity contribution in [2.24, 2.45) is 5.92 Å². The molecular weight excluding hydrogens is 268 g/mol. The molecule has 0 saturated heterocycles. The van der Waals surface area contributed by atoms with Gasteiger partial charge < -0.3 is 4.74 Å². The molecule has 0 saturated carbocycles. The highest BCUT2D eigenvalue weighted by Gasteiger charge is 2.23. The van der Waals surface area contributed by atoms with E-state index in [0.717, 1.165) is 21.2 Å². The predicted octanol–water partition coefficient (Wildman–Crippen LogP) is 3.42.